The summed E-state index contributed by atoms with van der Waals surface area (Å²) in [6.45, 7) is -1.55. The van der Waals surface area contributed by atoms with E-state index in [9.17, 15) is 22.0 Å². The topological polar surface area (TPSA) is 64.7 Å². The second-order valence-corrected chi connectivity index (χ2v) is 3.85. The largest absolute Gasteiger partial charge is 0.573 e. The van der Waals surface area contributed by atoms with E-state index in [2.05, 4.69) is 4.74 Å². The molecule has 114 valence electrons. The molecule has 0 saturated carbocycles. The molecule has 0 fully saturated rings. The van der Waals surface area contributed by atoms with Crippen LogP contribution >= 0.6 is 0 Å². The molecule has 3 N–H and O–H groups in total. The lowest BCUT2D eigenvalue weighted by Gasteiger charge is -2.24. The zero-order valence-electron chi connectivity index (χ0n) is 10.2. The van der Waals surface area contributed by atoms with E-state index >= 15 is 0 Å². The van der Waals surface area contributed by atoms with E-state index < -0.39 is 36.2 Å². The van der Waals surface area contributed by atoms with Crippen LogP contribution in [-0.4, -0.2) is 31.1 Å². The highest BCUT2D eigenvalue weighted by Crippen LogP contribution is 2.37. The molecule has 4 nitrogen and oxygen atoms in total. The zero-order valence-corrected chi connectivity index (χ0v) is 10.2. The standard InChI is InChI=1S/C11H12F5NO3/c1-19-8-3-2-6(20-11(14,15)16)4-7(8)9(17)10(12,13)5-18/h2-4,9,18H,5,17H2,1H3/t9-/m0/s1. The maximum absolute atomic E-state index is 13.3. The average Bonchev–Trinajstić information content (AvgIpc) is 2.35. The van der Waals surface area contributed by atoms with E-state index in [1.807, 2.05) is 0 Å². The highest BCUT2D eigenvalue weighted by Gasteiger charge is 2.39. The molecule has 0 aliphatic rings. The summed E-state index contributed by atoms with van der Waals surface area (Å²) in [6.07, 6.45) is -4.96. The van der Waals surface area contributed by atoms with Crippen molar-refractivity contribution < 1.29 is 36.5 Å². The summed E-state index contributed by atoms with van der Waals surface area (Å²) in [7, 11) is 1.15. The number of benzene rings is 1. The van der Waals surface area contributed by atoms with Crippen molar-refractivity contribution in [2.45, 2.75) is 18.3 Å². The summed E-state index contributed by atoms with van der Waals surface area (Å²) in [4.78, 5) is 0. The van der Waals surface area contributed by atoms with Crippen molar-refractivity contribution >= 4 is 0 Å². The molecule has 0 heterocycles. The number of aliphatic hydroxyl groups is 1. The van der Waals surface area contributed by atoms with Gasteiger partial charge in [0, 0.05) is 5.56 Å². The van der Waals surface area contributed by atoms with Crippen LogP contribution in [0.25, 0.3) is 0 Å². The molecule has 0 amide bonds. The third-order valence-electron chi connectivity index (χ3n) is 2.44. The van der Waals surface area contributed by atoms with E-state index in [1.165, 1.54) is 0 Å². The molecule has 1 aromatic rings. The first kappa shape index (κ1) is 16.4. The van der Waals surface area contributed by atoms with Crippen molar-refractivity contribution in [1.82, 2.24) is 0 Å². The van der Waals surface area contributed by atoms with Gasteiger partial charge in [-0.25, -0.2) is 8.78 Å². The molecule has 9 heteroatoms. The first-order chi connectivity index (χ1) is 9.10. The molecule has 20 heavy (non-hydrogen) atoms. The molecular weight excluding hydrogens is 289 g/mol. The molecule has 0 radical (unpaired) electrons. The summed E-state index contributed by atoms with van der Waals surface area (Å²) in [5, 5.41) is 8.56. The fourth-order valence-electron chi connectivity index (χ4n) is 1.48. The molecule has 0 aromatic heterocycles. The summed E-state index contributed by atoms with van der Waals surface area (Å²) in [5.41, 5.74) is 4.86. The van der Waals surface area contributed by atoms with Gasteiger partial charge in [-0.05, 0) is 18.2 Å². The van der Waals surface area contributed by atoms with Crippen LogP contribution in [0.2, 0.25) is 0 Å². The van der Waals surface area contributed by atoms with Crippen molar-refractivity contribution in [2.24, 2.45) is 5.73 Å². The second kappa shape index (κ2) is 5.80. The summed E-state index contributed by atoms with van der Waals surface area (Å²) < 4.78 is 71.3. The molecular formula is C11H12F5NO3. The summed E-state index contributed by atoms with van der Waals surface area (Å²) >= 11 is 0. The molecule has 0 spiro atoms. The number of rotatable bonds is 5. The van der Waals surface area contributed by atoms with Gasteiger partial charge in [0.2, 0.25) is 0 Å². The van der Waals surface area contributed by atoms with Gasteiger partial charge in [-0.2, -0.15) is 0 Å². The van der Waals surface area contributed by atoms with Crippen LogP contribution in [0.3, 0.4) is 0 Å². The third kappa shape index (κ3) is 3.94. The summed E-state index contributed by atoms with van der Waals surface area (Å²) in [6, 6.07) is 0.573. The van der Waals surface area contributed by atoms with E-state index in [0.717, 1.165) is 19.2 Å². The van der Waals surface area contributed by atoms with Gasteiger partial charge in [-0.3, -0.25) is 0 Å². The molecule has 1 rings (SSSR count). The van der Waals surface area contributed by atoms with E-state index in [4.69, 9.17) is 15.6 Å². The van der Waals surface area contributed by atoms with Crippen LogP contribution in [0.1, 0.15) is 11.6 Å². The van der Waals surface area contributed by atoms with Gasteiger partial charge in [-0.15, -0.1) is 13.2 Å². The number of alkyl halides is 5. The van der Waals surface area contributed by atoms with Crippen LogP contribution < -0.4 is 15.2 Å². The maximum Gasteiger partial charge on any atom is 0.573 e. The monoisotopic (exact) mass is 301 g/mol. The normalized spacial score (nSPS) is 14.0. The Bertz CT molecular complexity index is 464. The summed E-state index contributed by atoms with van der Waals surface area (Å²) in [5.74, 6) is -4.57. The smallest absolute Gasteiger partial charge is 0.496 e. The predicted molar refractivity (Wildman–Crippen MR) is 58.6 cm³/mol. The number of halogens is 5. The van der Waals surface area contributed by atoms with Crippen molar-refractivity contribution in [3.8, 4) is 11.5 Å². The predicted octanol–water partition coefficient (Wildman–Crippen LogP) is 2.22. The van der Waals surface area contributed by atoms with Crippen LogP contribution in [0.5, 0.6) is 11.5 Å². The Kier molecular flexibility index (Phi) is 4.77. The number of aliphatic hydroxyl groups excluding tert-OH is 1. The highest BCUT2D eigenvalue weighted by atomic mass is 19.4. The van der Waals surface area contributed by atoms with E-state index in [-0.39, 0.29) is 5.75 Å². The minimum Gasteiger partial charge on any atom is -0.496 e. The zero-order chi connectivity index (χ0) is 15.6. The SMILES string of the molecule is COc1ccc(OC(F)(F)F)cc1[C@H](N)C(F)(F)CO. The van der Waals surface area contributed by atoms with Gasteiger partial charge in [0.1, 0.15) is 24.1 Å². The minimum absolute atomic E-state index is 0.139. The second-order valence-electron chi connectivity index (χ2n) is 3.85. The van der Waals surface area contributed by atoms with Gasteiger partial charge < -0.3 is 20.3 Å². The lowest BCUT2D eigenvalue weighted by molar-refractivity contribution is -0.274. The molecule has 0 unspecified atom stereocenters. The van der Waals surface area contributed by atoms with E-state index in [0.29, 0.717) is 6.07 Å². The van der Waals surface area contributed by atoms with Crippen molar-refractivity contribution in [1.29, 1.82) is 0 Å². The molecule has 0 bridgehead atoms. The third-order valence-corrected chi connectivity index (χ3v) is 2.44. The highest BCUT2D eigenvalue weighted by molar-refractivity contribution is 5.43. The van der Waals surface area contributed by atoms with Crippen molar-refractivity contribution in [3.05, 3.63) is 23.8 Å². The maximum atomic E-state index is 13.3. The van der Waals surface area contributed by atoms with Gasteiger partial charge in [0.15, 0.2) is 0 Å². The Hall–Kier alpha value is -1.61. The Morgan fingerprint density at radius 1 is 1.25 bits per heavy atom. The number of hydrogen-bond acceptors (Lipinski definition) is 4. The lowest BCUT2D eigenvalue weighted by Crippen LogP contribution is -2.36. The fraction of sp³-hybridized carbons (Fsp3) is 0.455. The first-order valence-corrected chi connectivity index (χ1v) is 5.28. The van der Waals surface area contributed by atoms with Gasteiger partial charge in [0.05, 0.1) is 7.11 Å². The lowest BCUT2D eigenvalue weighted by atomic mass is 10.0. The number of hydrogen-bond donors (Lipinski definition) is 2. The Labute approximate surface area is 110 Å². The Balaban J connectivity index is 3.19. The molecule has 1 atom stereocenters. The Morgan fingerprint density at radius 3 is 2.30 bits per heavy atom. The van der Waals surface area contributed by atoms with Gasteiger partial charge >= 0.3 is 6.36 Å². The molecule has 0 saturated heterocycles. The Morgan fingerprint density at radius 2 is 1.85 bits per heavy atom. The van der Waals surface area contributed by atoms with Crippen LogP contribution in [0.4, 0.5) is 22.0 Å². The van der Waals surface area contributed by atoms with Crippen molar-refractivity contribution in [3.63, 3.8) is 0 Å². The molecule has 0 aliphatic heterocycles. The van der Waals surface area contributed by atoms with Crippen LogP contribution in [0, 0.1) is 0 Å². The van der Waals surface area contributed by atoms with Gasteiger partial charge in [-0.1, -0.05) is 0 Å². The van der Waals surface area contributed by atoms with Crippen LogP contribution in [-0.2, 0) is 0 Å². The fourth-order valence-corrected chi connectivity index (χ4v) is 1.48. The van der Waals surface area contributed by atoms with Gasteiger partial charge in [0.25, 0.3) is 5.92 Å². The molecule has 0 aliphatic carbocycles. The van der Waals surface area contributed by atoms with E-state index in [1.54, 1.807) is 0 Å². The number of ether oxygens (including phenoxy) is 2. The molecule has 1 aromatic carbocycles. The van der Waals surface area contributed by atoms with Crippen molar-refractivity contribution in [2.75, 3.05) is 13.7 Å². The first-order valence-electron chi connectivity index (χ1n) is 5.28. The number of nitrogens with two attached hydrogens (primary N) is 1. The average molecular weight is 301 g/mol. The van der Waals surface area contributed by atoms with Crippen LogP contribution in [0.15, 0.2) is 18.2 Å². The minimum atomic E-state index is -4.96. The quantitative estimate of drug-likeness (QED) is 0.819. The number of methoxy groups -OCH3 is 1.